The zero-order valence-corrected chi connectivity index (χ0v) is 17.4. The summed E-state index contributed by atoms with van der Waals surface area (Å²) in [6.07, 6.45) is 12.8. The maximum Gasteiger partial charge on any atom is 0.209 e. The number of likely N-dealkylation sites (tertiary alicyclic amines) is 1. The first kappa shape index (κ1) is 19.4. The molecule has 1 aliphatic heterocycles. The third kappa shape index (κ3) is 4.41. The van der Waals surface area contributed by atoms with Crippen molar-refractivity contribution < 1.29 is 8.42 Å². The molecule has 5 heteroatoms. The Labute approximate surface area is 164 Å². The van der Waals surface area contributed by atoms with Crippen LogP contribution in [0.15, 0.2) is 24.3 Å². The second-order valence-electron chi connectivity index (χ2n) is 9.15. The van der Waals surface area contributed by atoms with Gasteiger partial charge in [-0.15, -0.1) is 0 Å². The maximum absolute atomic E-state index is 11.8. The van der Waals surface area contributed by atoms with E-state index in [1.807, 2.05) is 6.07 Å². The van der Waals surface area contributed by atoms with Crippen LogP contribution in [-0.2, 0) is 15.4 Å². The number of nitrogens with zero attached hydrogens (tertiary/aromatic N) is 1. The smallest absolute Gasteiger partial charge is 0.209 e. The fourth-order valence-electron chi connectivity index (χ4n) is 5.79. The van der Waals surface area contributed by atoms with Crippen molar-refractivity contribution in [1.82, 2.24) is 9.62 Å². The molecule has 1 saturated heterocycles. The monoisotopic (exact) mass is 390 g/mol. The molecule has 1 N–H and O–H groups in total. The van der Waals surface area contributed by atoms with Crippen LogP contribution in [0.2, 0.25) is 0 Å². The van der Waals surface area contributed by atoms with E-state index in [0.29, 0.717) is 0 Å². The van der Waals surface area contributed by atoms with E-state index in [-0.39, 0.29) is 11.5 Å². The molecule has 0 bridgehead atoms. The number of piperidine rings is 1. The highest BCUT2D eigenvalue weighted by Gasteiger charge is 2.42. The minimum atomic E-state index is -3.19. The molecule has 1 spiro atoms. The number of sulfonamides is 1. The fourth-order valence-corrected chi connectivity index (χ4v) is 6.55. The van der Waals surface area contributed by atoms with Crippen molar-refractivity contribution in [2.75, 3.05) is 25.9 Å². The molecule has 0 aromatic heterocycles. The Morgan fingerprint density at radius 2 is 1.74 bits per heavy atom. The van der Waals surface area contributed by atoms with Crippen molar-refractivity contribution in [2.45, 2.75) is 69.2 Å². The SMILES string of the molecule is CS(=O)(=O)N[C@H]1CCC2(CCN(CC3CCCCC3)CC2)c2ccccc21. The summed E-state index contributed by atoms with van der Waals surface area (Å²) in [4.78, 5) is 2.70. The normalized spacial score (nSPS) is 26.8. The molecule has 1 aromatic rings. The Balaban J connectivity index is 1.46. The van der Waals surface area contributed by atoms with Crippen LogP contribution in [0, 0.1) is 5.92 Å². The summed E-state index contributed by atoms with van der Waals surface area (Å²) >= 11 is 0. The van der Waals surface area contributed by atoms with E-state index in [4.69, 9.17) is 0 Å². The van der Waals surface area contributed by atoms with Gasteiger partial charge in [-0.05, 0) is 74.1 Å². The van der Waals surface area contributed by atoms with E-state index in [2.05, 4.69) is 27.8 Å². The first-order chi connectivity index (χ1) is 13.0. The van der Waals surface area contributed by atoms with Gasteiger partial charge < -0.3 is 4.90 Å². The van der Waals surface area contributed by atoms with Crippen LogP contribution in [0.25, 0.3) is 0 Å². The molecule has 4 rings (SSSR count). The minimum absolute atomic E-state index is 0.0675. The summed E-state index contributed by atoms with van der Waals surface area (Å²) in [5.41, 5.74) is 2.85. The largest absolute Gasteiger partial charge is 0.303 e. The lowest BCUT2D eigenvalue weighted by molar-refractivity contribution is 0.116. The van der Waals surface area contributed by atoms with Crippen molar-refractivity contribution in [3.8, 4) is 0 Å². The highest BCUT2D eigenvalue weighted by atomic mass is 32.2. The molecule has 1 heterocycles. The van der Waals surface area contributed by atoms with E-state index in [9.17, 15) is 8.42 Å². The van der Waals surface area contributed by atoms with Crippen LogP contribution >= 0.6 is 0 Å². The van der Waals surface area contributed by atoms with Crippen LogP contribution in [0.3, 0.4) is 0 Å². The molecular formula is C22H34N2O2S. The molecule has 2 aliphatic carbocycles. The second kappa shape index (κ2) is 7.84. The molecule has 0 amide bonds. The number of rotatable bonds is 4. The Morgan fingerprint density at radius 1 is 1.04 bits per heavy atom. The predicted octanol–water partition coefficient (Wildman–Crippen LogP) is 3.98. The van der Waals surface area contributed by atoms with Gasteiger partial charge in [-0.25, -0.2) is 13.1 Å². The molecule has 4 nitrogen and oxygen atoms in total. The van der Waals surface area contributed by atoms with Crippen LogP contribution in [0.1, 0.15) is 75.0 Å². The van der Waals surface area contributed by atoms with E-state index >= 15 is 0 Å². The summed E-state index contributed by atoms with van der Waals surface area (Å²) in [5, 5.41) is 0. The van der Waals surface area contributed by atoms with Crippen molar-refractivity contribution >= 4 is 10.0 Å². The Bertz CT molecular complexity index is 747. The number of fused-ring (bicyclic) bond motifs is 2. The zero-order valence-electron chi connectivity index (χ0n) is 16.6. The first-order valence-electron chi connectivity index (χ1n) is 10.7. The Morgan fingerprint density at radius 3 is 2.44 bits per heavy atom. The zero-order chi connectivity index (χ0) is 18.9. The van der Waals surface area contributed by atoms with E-state index in [1.54, 1.807) is 0 Å². The maximum atomic E-state index is 11.8. The lowest BCUT2D eigenvalue weighted by Gasteiger charge is -2.47. The van der Waals surface area contributed by atoms with Gasteiger partial charge in [0, 0.05) is 12.6 Å². The van der Waals surface area contributed by atoms with Gasteiger partial charge in [0.05, 0.1) is 6.26 Å². The Kier molecular flexibility index (Phi) is 5.64. The summed E-state index contributed by atoms with van der Waals surface area (Å²) in [6.45, 7) is 3.67. The van der Waals surface area contributed by atoms with Crippen LogP contribution in [0.5, 0.6) is 0 Å². The number of hydrogen-bond acceptors (Lipinski definition) is 3. The third-order valence-electron chi connectivity index (χ3n) is 7.23. The van der Waals surface area contributed by atoms with Gasteiger partial charge in [-0.1, -0.05) is 43.5 Å². The lowest BCUT2D eigenvalue weighted by atomic mass is 9.63. The number of hydrogen-bond donors (Lipinski definition) is 1. The third-order valence-corrected chi connectivity index (χ3v) is 7.94. The van der Waals surface area contributed by atoms with Crippen molar-refractivity contribution in [3.63, 3.8) is 0 Å². The van der Waals surface area contributed by atoms with E-state index in [1.165, 1.54) is 82.0 Å². The van der Waals surface area contributed by atoms with Gasteiger partial charge in [-0.3, -0.25) is 0 Å². The summed E-state index contributed by atoms with van der Waals surface area (Å²) in [7, 11) is -3.19. The van der Waals surface area contributed by atoms with Crippen LogP contribution < -0.4 is 4.72 Å². The Hall–Kier alpha value is -0.910. The molecule has 1 atom stereocenters. The molecule has 27 heavy (non-hydrogen) atoms. The number of benzene rings is 1. The number of nitrogens with one attached hydrogen (secondary N) is 1. The summed E-state index contributed by atoms with van der Waals surface area (Å²) < 4.78 is 26.4. The molecule has 1 saturated carbocycles. The second-order valence-corrected chi connectivity index (χ2v) is 10.9. The molecule has 0 unspecified atom stereocenters. The summed E-state index contributed by atoms with van der Waals surface area (Å²) in [5.74, 6) is 0.912. The fraction of sp³-hybridized carbons (Fsp3) is 0.727. The van der Waals surface area contributed by atoms with Gasteiger partial charge in [0.15, 0.2) is 0 Å². The lowest BCUT2D eigenvalue weighted by Crippen LogP contribution is -2.47. The first-order valence-corrected chi connectivity index (χ1v) is 12.6. The van der Waals surface area contributed by atoms with Crippen molar-refractivity contribution in [2.24, 2.45) is 5.92 Å². The van der Waals surface area contributed by atoms with Gasteiger partial charge >= 0.3 is 0 Å². The highest BCUT2D eigenvalue weighted by molar-refractivity contribution is 7.88. The van der Waals surface area contributed by atoms with Gasteiger partial charge in [-0.2, -0.15) is 0 Å². The quantitative estimate of drug-likeness (QED) is 0.846. The molecular weight excluding hydrogens is 356 g/mol. The van der Waals surface area contributed by atoms with Gasteiger partial charge in [0.1, 0.15) is 0 Å². The molecule has 0 radical (unpaired) electrons. The average Bonchev–Trinajstić information content (AvgIpc) is 2.66. The minimum Gasteiger partial charge on any atom is -0.303 e. The van der Waals surface area contributed by atoms with Crippen LogP contribution in [0.4, 0.5) is 0 Å². The molecule has 3 aliphatic rings. The average molecular weight is 391 g/mol. The topological polar surface area (TPSA) is 49.4 Å². The molecule has 1 aromatic carbocycles. The predicted molar refractivity (Wildman–Crippen MR) is 110 cm³/mol. The molecule has 150 valence electrons. The van der Waals surface area contributed by atoms with E-state index in [0.717, 1.165) is 18.8 Å². The van der Waals surface area contributed by atoms with Crippen molar-refractivity contribution in [1.29, 1.82) is 0 Å². The van der Waals surface area contributed by atoms with Gasteiger partial charge in [0.25, 0.3) is 0 Å². The van der Waals surface area contributed by atoms with Gasteiger partial charge in [0.2, 0.25) is 10.0 Å². The highest BCUT2D eigenvalue weighted by Crippen LogP contribution is 2.48. The van der Waals surface area contributed by atoms with E-state index < -0.39 is 10.0 Å². The standard InChI is InChI=1S/C22H34N2O2S/c1-27(25,26)23-21-11-12-22(20-10-6-5-9-19(20)21)13-15-24(16-14-22)17-18-7-3-2-4-8-18/h5-6,9-10,18,21,23H,2-4,7-8,11-17H2,1H3/t21-/m0/s1. The summed E-state index contributed by atoms with van der Waals surface area (Å²) in [6, 6.07) is 8.49. The molecule has 2 fully saturated rings. The van der Waals surface area contributed by atoms with Crippen molar-refractivity contribution in [3.05, 3.63) is 35.4 Å². The van der Waals surface area contributed by atoms with Crippen LogP contribution in [-0.4, -0.2) is 39.2 Å².